The van der Waals surface area contributed by atoms with E-state index in [1.54, 1.807) is 36.4 Å². The summed E-state index contributed by atoms with van der Waals surface area (Å²) in [4.78, 5) is 21.9. The fourth-order valence-electron chi connectivity index (χ4n) is 3.92. The molecule has 1 saturated carbocycles. The minimum atomic E-state index is -4.20. The molecule has 2 aromatic heterocycles. The summed E-state index contributed by atoms with van der Waals surface area (Å²) in [5.41, 5.74) is 1.22. The van der Waals surface area contributed by atoms with Gasteiger partial charge < -0.3 is 0 Å². The number of aromatic nitrogens is 3. The molecule has 0 amide bonds. The number of fused-ring (bicyclic) bond motifs is 1. The average molecular weight is 398 g/mol. The van der Waals surface area contributed by atoms with Crippen molar-refractivity contribution in [2.75, 3.05) is 0 Å². The summed E-state index contributed by atoms with van der Waals surface area (Å²) in [5, 5.41) is 9.01. The Kier molecular flexibility index (Phi) is 4.82. The minimum absolute atomic E-state index is 0.0164. The van der Waals surface area contributed by atoms with E-state index in [2.05, 4.69) is 9.97 Å². The molecule has 0 unspecified atom stereocenters. The van der Waals surface area contributed by atoms with Crippen molar-refractivity contribution in [3.63, 3.8) is 0 Å². The Hall–Kier alpha value is -3.21. The van der Waals surface area contributed by atoms with Gasteiger partial charge in [0.1, 0.15) is 5.82 Å². The number of pyridine rings is 1. The normalized spacial score (nSPS) is 19.8. The third kappa shape index (κ3) is 3.60. The van der Waals surface area contributed by atoms with Crippen molar-refractivity contribution in [1.29, 1.82) is 5.26 Å². The van der Waals surface area contributed by atoms with Gasteiger partial charge in [-0.1, -0.05) is 0 Å². The lowest BCUT2D eigenvalue weighted by Gasteiger charge is -2.30. The smallest absolute Gasteiger partial charge is 0.266 e. The van der Waals surface area contributed by atoms with E-state index in [0.717, 1.165) is 0 Å². The van der Waals surface area contributed by atoms with Crippen LogP contribution in [-0.4, -0.2) is 20.7 Å². The molecule has 0 N–H and O–H groups in total. The monoisotopic (exact) mass is 398 g/mol. The number of rotatable bonds is 2. The number of alkyl halides is 3. The van der Waals surface area contributed by atoms with E-state index in [-0.39, 0.29) is 29.8 Å². The summed E-state index contributed by atoms with van der Waals surface area (Å²) in [6, 6.07) is 11.8. The first-order chi connectivity index (χ1) is 13.9. The van der Waals surface area contributed by atoms with E-state index in [0.29, 0.717) is 35.4 Å². The van der Waals surface area contributed by atoms with E-state index in [4.69, 9.17) is 5.26 Å². The van der Waals surface area contributed by atoms with Crippen LogP contribution < -0.4 is 5.56 Å². The highest BCUT2D eigenvalue weighted by molar-refractivity contribution is 5.73. The number of halogens is 3. The Bertz CT molecular complexity index is 1140. The fraction of sp³-hybridized carbons (Fsp3) is 0.333. The first-order valence-electron chi connectivity index (χ1n) is 9.33. The van der Waals surface area contributed by atoms with Gasteiger partial charge in [0.15, 0.2) is 5.52 Å². The minimum Gasteiger partial charge on any atom is -0.266 e. The molecule has 1 fully saturated rings. The maximum absolute atomic E-state index is 13.2. The Morgan fingerprint density at radius 3 is 2.38 bits per heavy atom. The van der Waals surface area contributed by atoms with E-state index < -0.39 is 12.1 Å². The highest BCUT2D eigenvalue weighted by atomic mass is 19.4. The van der Waals surface area contributed by atoms with Crippen LogP contribution in [0.15, 0.2) is 47.4 Å². The SMILES string of the molecule is N#Cc1ccc(-n2c(=O)c3ncccc3nc2[C@H]2CC[C@@H](C(F)(F)F)CC2)cc1. The summed E-state index contributed by atoms with van der Waals surface area (Å²) in [6.07, 6.45) is -2.05. The number of nitrogens with zero attached hydrogens (tertiary/aromatic N) is 4. The zero-order chi connectivity index (χ0) is 20.6. The predicted octanol–water partition coefficient (Wildman–Crippen LogP) is 4.49. The second kappa shape index (κ2) is 7.32. The lowest BCUT2D eigenvalue weighted by atomic mass is 9.81. The standard InChI is InChI=1S/C21H17F3N4O/c22-21(23,24)15-7-5-14(6-8-15)19-27-17-2-1-11-26-18(17)20(29)28(19)16-9-3-13(12-25)4-10-16/h1-4,9-11,14-15H,5-8H2/t14-,15+. The number of nitriles is 1. The van der Waals surface area contributed by atoms with Crippen LogP contribution in [0, 0.1) is 17.2 Å². The van der Waals surface area contributed by atoms with Crippen molar-refractivity contribution >= 4 is 11.0 Å². The van der Waals surface area contributed by atoms with Crippen LogP contribution in [0.3, 0.4) is 0 Å². The van der Waals surface area contributed by atoms with Crippen molar-refractivity contribution in [3.8, 4) is 11.8 Å². The van der Waals surface area contributed by atoms with E-state index in [1.165, 1.54) is 10.8 Å². The Morgan fingerprint density at radius 2 is 1.76 bits per heavy atom. The zero-order valence-corrected chi connectivity index (χ0v) is 15.4. The van der Waals surface area contributed by atoms with Gasteiger partial charge in [-0.15, -0.1) is 0 Å². The van der Waals surface area contributed by atoms with Crippen LogP contribution in [0.2, 0.25) is 0 Å². The van der Waals surface area contributed by atoms with Gasteiger partial charge in [-0.25, -0.2) is 9.97 Å². The average Bonchev–Trinajstić information content (AvgIpc) is 2.73. The van der Waals surface area contributed by atoms with E-state index in [1.807, 2.05) is 6.07 Å². The molecule has 0 radical (unpaired) electrons. The Labute approximate surface area is 164 Å². The second-order valence-corrected chi connectivity index (χ2v) is 7.23. The van der Waals surface area contributed by atoms with Crippen LogP contribution in [0.25, 0.3) is 16.7 Å². The molecule has 148 valence electrons. The molecule has 3 aromatic rings. The summed E-state index contributed by atoms with van der Waals surface area (Å²) < 4.78 is 40.6. The van der Waals surface area contributed by atoms with Gasteiger partial charge in [-0.2, -0.15) is 18.4 Å². The molecule has 0 spiro atoms. The lowest BCUT2D eigenvalue weighted by molar-refractivity contribution is -0.182. The number of hydrogen-bond donors (Lipinski definition) is 0. The Balaban J connectivity index is 1.82. The molecular formula is C21H17F3N4O. The predicted molar refractivity (Wildman–Crippen MR) is 101 cm³/mol. The fourth-order valence-corrected chi connectivity index (χ4v) is 3.92. The third-order valence-electron chi connectivity index (χ3n) is 5.47. The van der Waals surface area contributed by atoms with Gasteiger partial charge in [0.25, 0.3) is 5.56 Å². The van der Waals surface area contributed by atoms with Gasteiger partial charge >= 0.3 is 6.18 Å². The highest BCUT2D eigenvalue weighted by Gasteiger charge is 2.42. The molecule has 0 bridgehead atoms. The quantitative estimate of drug-likeness (QED) is 0.638. The zero-order valence-electron chi connectivity index (χ0n) is 15.4. The molecular weight excluding hydrogens is 381 g/mol. The van der Waals surface area contributed by atoms with E-state index >= 15 is 0 Å². The van der Waals surface area contributed by atoms with Crippen LogP contribution in [0.5, 0.6) is 0 Å². The van der Waals surface area contributed by atoms with Gasteiger partial charge in [-0.05, 0) is 62.1 Å². The highest BCUT2D eigenvalue weighted by Crippen LogP contribution is 2.42. The molecule has 1 aliphatic carbocycles. The molecule has 0 saturated heterocycles. The van der Waals surface area contributed by atoms with Crippen molar-refractivity contribution in [1.82, 2.24) is 14.5 Å². The van der Waals surface area contributed by atoms with Crippen molar-refractivity contribution in [3.05, 3.63) is 64.3 Å². The molecule has 4 rings (SSSR count). The number of hydrogen-bond acceptors (Lipinski definition) is 4. The maximum atomic E-state index is 13.2. The topological polar surface area (TPSA) is 71.6 Å². The summed E-state index contributed by atoms with van der Waals surface area (Å²) in [5.74, 6) is -1.13. The van der Waals surface area contributed by atoms with Crippen LogP contribution >= 0.6 is 0 Å². The largest absolute Gasteiger partial charge is 0.391 e. The van der Waals surface area contributed by atoms with Gasteiger partial charge in [0.2, 0.25) is 0 Å². The summed E-state index contributed by atoms with van der Waals surface area (Å²) in [7, 11) is 0. The van der Waals surface area contributed by atoms with Crippen LogP contribution in [0.1, 0.15) is 43.0 Å². The Morgan fingerprint density at radius 1 is 1.07 bits per heavy atom. The summed E-state index contributed by atoms with van der Waals surface area (Å²) in [6.45, 7) is 0. The van der Waals surface area contributed by atoms with Gasteiger partial charge in [-0.3, -0.25) is 9.36 Å². The molecule has 0 atom stereocenters. The molecule has 8 heteroatoms. The molecule has 2 heterocycles. The first kappa shape index (κ1) is 19.1. The van der Waals surface area contributed by atoms with E-state index in [9.17, 15) is 18.0 Å². The molecule has 29 heavy (non-hydrogen) atoms. The molecule has 1 aromatic carbocycles. The van der Waals surface area contributed by atoms with Gasteiger partial charge in [0, 0.05) is 12.1 Å². The van der Waals surface area contributed by atoms with Crippen molar-refractivity contribution < 1.29 is 13.2 Å². The van der Waals surface area contributed by atoms with Crippen molar-refractivity contribution in [2.24, 2.45) is 5.92 Å². The summed E-state index contributed by atoms with van der Waals surface area (Å²) >= 11 is 0. The second-order valence-electron chi connectivity index (χ2n) is 7.23. The molecule has 0 aliphatic heterocycles. The number of benzene rings is 1. The molecule has 5 nitrogen and oxygen atoms in total. The third-order valence-corrected chi connectivity index (χ3v) is 5.47. The molecule has 1 aliphatic rings. The first-order valence-corrected chi connectivity index (χ1v) is 9.33. The van der Waals surface area contributed by atoms with Crippen LogP contribution in [-0.2, 0) is 0 Å². The van der Waals surface area contributed by atoms with Crippen molar-refractivity contribution in [2.45, 2.75) is 37.8 Å². The van der Waals surface area contributed by atoms with Crippen LogP contribution in [0.4, 0.5) is 13.2 Å². The lowest BCUT2D eigenvalue weighted by Crippen LogP contribution is -2.31. The van der Waals surface area contributed by atoms with Gasteiger partial charge in [0.05, 0.1) is 28.8 Å². The maximum Gasteiger partial charge on any atom is 0.391 e.